The molecule has 0 aromatic carbocycles. The third kappa shape index (κ3) is 22.7. The van der Waals surface area contributed by atoms with Crippen LogP contribution < -0.4 is 54.0 Å². The summed E-state index contributed by atoms with van der Waals surface area (Å²) in [5.41, 5.74) is 9.59. The van der Waals surface area contributed by atoms with Gasteiger partial charge in [0.2, 0.25) is 47.3 Å². The Kier molecular flexibility index (Phi) is 24.6. The zero-order chi connectivity index (χ0) is 42.8. The molecule has 0 aromatic rings. The van der Waals surface area contributed by atoms with Crippen LogP contribution in [0.2, 0.25) is 0 Å². The molecular weight excluding hydrogens is 740 g/mol. The zero-order valence-electron chi connectivity index (χ0n) is 32.5. The van der Waals surface area contributed by atoms with Crippen molar-refractivity contribution in [3.05, 3.63) is 0 Å². The summed E-state index contributed by atoms with van der Waals surface area (Å²) in [6.07, 6.45) is 0.775. The fourth-order valence-electron chi connectivity index (χ4n) is 5.39. The molecule has 0 saturated carbocycles. The van der Waals surface area contributed by atoms with E-state index < -0.39 is 128 Å². The Balaban J connectivity index is 7.04. The zero-order valence-corrected chi connectivity index (χ0v) is 32.5. The van der Waals surface area contributed by atoms with Crippen LogP contribution in [0.4, 0.5) is 0 Å². The van der Waals surface area contributed by atoms with Crippen molar-refractivity contribution < 1.29 is 58.2 Å². The van der Waals surface area contributed by atoms with Crippen molar-refractivity contribution in [2.75, 3.05) is 39.3 Å². The Hall–Kier alpha value is -5.38. The van der Waals surface area contributed by atoms with E-state index in [2.05, 4.69) is 42.5 Å². The van der Waals surface area contributed by atoms with Crippen molar-refractivity contribution >= 4 is 59.2 Å². The van der Waals surface area contributed by atoms with E-state index in [1.165, 1.54) is 13.8 Å². The monoisotopic (exact) mass is 800 g/mol. The maximum absolute atomic E-state index is 13.5. The highest BCUT2D eigenvalue weighted by Gasteiger charge is 2.37. The lowest BCUT2D eigenvalue weighted by atomic mass is 9.86. The van der Waals surface area contributed by atoms with Gasteiger partial charge in [0, 0.05) is 65.7 Å². The minimum Gasteiger partial charge on any atom is -0.481 e. The van der Waals surface area contributed by atoms with Crippen LogP contribution in [0.15, 0.2) is 0 Å². The standard InChI is InChI=1S/C34H60N10O12/c1-20(45)41-24(9-5-7-13-35)30(53)37-16-34(19-40-33(56)27(15-29(51)52)44-23(4)48,17-38-31(54)25(42-21(2)46)10-6-8-14-36)18-39-32(55)26(43-22(3)47)11-12-28(49)50/h24-27H,5-19,35-36H2,1-4H3,(H,37,53)(H,38,54)(H,39,55)(H,40,56)(H,41,45)(H,42,46)(H,43,47)(H,44,48)(H,49,50)(H,51,52)/t24-,25-,26-,27-/m0/s1. The summed E-state index contributed by atoms with van der Waals surface area (Å²) < 4.78 is 0. The van der Waals surface area contributed by atoms with Gasteiger partial charge in [-0.3, -0.25) is 47.9 Å². The average Bonchev–Trinajstić information content (AvgIpc) is 3.10. The first-order valence-corrected chi connectivity index (χ1v) is 18.3. The SMILES string of the molecule is CC(=O)N[C@@H](CCCCN)C(=O)NCC(CNC(=O)[C@H](CCCCN)NC(C)=O)(CNC(=O)[C@H](CCC(=O)O)NC(C)=O)CNC(=O)[C@H](CC(=O)O)NC(C)=O. The molecule has 0 saturated heterocycles. The molecule has 0 fully saturated rings. The van der Waals surface area contributed by atoms with E-state index in [1.54, 1.807) is 0 Å². The lowest BCUT2D eigenvalue weighted by Crippen LogP contribution is -2.61. The lowest BCUT2D eigenvalue weighted by molar-refractivity contribution is -0.141. The molecule has 4 atom stereocenters. The Labute approximate surface area is 325 Å². The number of hydrogen-bond donors (Lipinski definition) is 12. The highest BCUT2D eigenvalue weighted by atomic mass is 16.4. The molecule has 0 spiro atoms. The van der Waals surface area contributed by atoms with E-state index in [0.29, 0.717) is 38.8 Å². The van der Waals surface area contributed by atoms with Crippen molar-refractivity contribution in [2.45, 2.75) is 110 Å². The van der Waals surface area contributed by atoms with Crippen LogP contribution in [0.25, 0.3) is 0 Å². The van der Waals surface area contributed by atoms with E-state index in [-0.39, 0.29) is 19.3 Å². The van der Waals surface area contributed by atoms with Crippen molar-refractivity contribution in [3.63, 3.8) is 0 Å². The number of carboxylic acid groups (broad SMARTS) is 2. The van der Waals surface area contributed by atoms with Crippen molar-refractivity contribution in [1.29, 1.82) is 0 Å². The number of rotatable bonds is 29. The molecule has 14 N–H and O–H groups in total. The number of amides is 8. The minimum atomic E-state index is -1.59. The second-order valence-corrected chi connectivity index (χ2v) is 13.5. The molecule has 0 aliphatic heterocycles. The number of carbonyl (C=O) groups excluding carboxylic acids is 8. The number of unbranched alkanes of at least 4 members (excludes halogenated alkanes) is 2. The summed E-state index contributed by atoms with van der Waals surface area (Å²) in [4.78, 5) is 124. The van der Waals surface area contributed by atoms with Crippen LogP contribution in [0.1, 0.15) is 85.5 Å². The van der Waals surface area contributed by atoms with Gasteiger partial charge < -0.3 is 64.2 Å². The highest BCUT2D eigenvalue weighted by Crippen LogP contribution is 2.16. The fourth-order valence-corrected chi connectivity index (χ4v) is 5.39. The van der Waals surface area contributed by atoms with Crippen molar-refractivity contribution in [1.82, 2.24) is 42.5 Å². The van der Waals surface area contributed by atoms with Crippen LogP contribution in [0.3, 0.4) is 0 Å². The number of hydrogen-bond acceptors (Lipinski definition) is 12. The molecule has 0 unspecified atom stereocenters. The Morgan fingerprint density at radius 3 is 1.05 bits per heavy atom. The summed E-state index contributed by atoms with van der Waals surface area (Å²) in [7, 11) is 0. The van der Waals surface area contributed by atoms with Gasteiger partial charge in [0.15, 0.2) is 0 Å². The summed E-state index contributed by atoms with van der Waals surface area (Å²) in [6, 6.07) is -4.97. The van der Waals surface area contributed by atoms with Crippen molar-refractivity contribution in [2.24, 2.45) is 16.9 Å². The van der Waals surface area contributed by atoms with Crippen LogP contribution in [0, 0.1) is 5.41 Å². The molecule has 8 amide bonds. The number of carboxylic acids is 2. The van der Waals surface area contributed by atoms with E-state index in [0.717, 1.165) is 13.8 Å². The van der Waals surface area contributed by atoms with Crippen LogP contribution in [0.5, 0.6) is 0 Å². The summed E-state index contributed by atoms with van der Waals surface area (Å²) in [6.45, 7) is 3.44. The first-order chi connectivity index (χ1) is 26.2. The van der Waals surface area contributed by atoms with Gasteiger partial charge in [-0.1, -0.05) is 0 Å². The molecule has 22 heteroatoms. The molecular formula is C34H60N10O12. The maximum Gasteiger partial charge on any atom is 0.305 e. The quantitative estimate of drug-likeness (QED) is 0.0322. The van der Waals surface area contributed by atoms with Gasteiger partial charge >= 0.3 is 11.9 Å². The Morgan fingerprint density at radius 1 is 0.464 bits per heavy atom. The molecule has 0 bridgehead atoms. The Bertz CT molecular complexity index is 1320. The summed E-state index contributed by atoms with van der Waals surface area (Å²) in [5, 5.41) is 38.8. The highest BCUT2D eigenvalue weighted by molar-refractivity contribution is 5.91. The third-order valence-electron chi connectivity index (χ3n) is 8.25. The normalized spacial score (nSPS) is 13.0. The predicted molar refractivity (Wildman–Crippen MR) is 200 cm³/mol. The number of nitrogens with one attached hydrogen (secondary N) is 8. The summed E-state index contributed by atoms with van der Waals surface area (Å²) in [5.74, 6) is -8.22. The second kappa shape index (κ2) is 27.2. The minimum absolute atomic E-state index is 0.191. The number of nitrogens with two attached hydrogens (primary N) is 2. The van der Waals surface area contributed by atoms with Crippen LogP contribution >= 0.6 is 0 Å². The molecule has 0 heterocycles. The van der Waals surface area contributed by atoms with Gasteiger partial charge in [-0.2, -0.15) is 0 Å². The molecule has 56 heavy (non-hydrogen) atoms. The first kappa shape index (κ1) is 50.6. The Morgan fingerprint density at radius 2 is 0.768 bits per heavy atom. The molecule has 0 rings (SSSR count). The van der Waals surface area contributed by atoms with Crippen LogP contribution in [-0.2, 0) is 47.9 Å². The topological polar surface area (TPSA) is 359 Å². The molecule has 0 aliphatic carbocycles. The predicted octanol–water partition coefficient (Wildman–Crippen LogP) is -3.95. The molecule has 22 nitrogen and oxygen atoms in total. The van der Waals surface area contributed by atoms with E-state index in [1.807, 2.05) is 0 Å². The second-order valence-electron chi connectivity index (χ2n) is 13.5. The first-order valence-electron chi connectivity index (χ1n) is 18.3. The molecule has 0 aliphatic rings. The average molecular weight is 801 g/mol. The van der Waals surface area contributed by atoms with E-state index in [4.69, 9.17) is 11.5 Å². The van der Waals surface area contributed by atoms with Gasteiger partial charge in [-0.05, 0) is 58.0 Å². The smallest absolute Gasteiger partial charge is 0.305 e. The number of carbonyl (C=O) groups is 10. The largest absolute Gasteiger partial charge is 0.481 e. The fraction of sp³-hybridized carbons (Fsp3) is 0.706. The van der Waals surface area contributed by atoms with Gasteiger partial charge in [0.1, 0.15) is 24.2 Å². The van der Waals surface area contributed by atoms with Crippen molar-refractivity contribution in [3.8, 4) is 0 Å². The van der Waals surface area contributed by atoms with Gasteiger partial charge in [0.05, 0.1) is 6.42 Å². The summed E-state index contributed by atoms with van der Waals surface area (Å²) >= 11 is 0. The molecule has 0 radical (unpaired) electrons. The van der Waals surface area contributed by atoms with E-state index >= 15 is 0 Å². The van der Waals surface area contributed by atoms with Gasteiger partial charge in [0.25, 0.3) is 0 Å². The number of aliphatic carboxylic acids is 2. The third-order valence-corrected chi connectivity index (χ3v) is 8.25. The van der Waals surface area contributed by atoms with Gasteiger partial charge in [-0.25, -0.2) is 0 Å². The van der Waals surface area contributed by atoms with Crippen LogP contribution in [-0.4, -0.2) is 133 Å². The maximum atomic E-state index is 13.5. The van der Waals surface area contributed by atoms with E-state index in [9.17, 15) is 58.2 Å². The molecule has 0 aromatic heterocycles. The van der Waals surface area contributed by atoms with Gasteiger partial charge in [-0.15, -0.1) is 0 Å². The lowest BCUT2D eigenvalue weighted by Gasteiger charge is -2.36. The molecule has 318 valence electrons.